The Balaban J connectivity index is 2.67. The zero-order chi connectivity index (χ0) is 11.1. The molecule has 0 saturated heterocycles. The van der Waals surface area contributed by atoms with Gasteiger partial charge in [-0.3, -0.25) is 0 Å². The average molecular weight is 202 g/mol. The largest absolute Gasteiger partial charge is 0.372 e. The molecule has 1 aromatic rings. The van der Waals surface area contributed by atoms with E-state index in [1.165, 1.54) is 11.3 Å². The normalized spacial score (nSPS) is 9.67. The predicted octanol–water partition coefficient (Wildman–Crippen LogP) is 2.99. The predicted molar refractivity (Wildman–Crippen MR) is 65.2 cm³/mol. The molecule has 2 nitrogen and oxygen atoms in total. The number of rotatable bonds is 5. The van der Waals surface area contributed by atoms with Gasteiger partial charge < -0.3 is 9.74 Å². The Morgan fingerprint density at radius 1 is 1.13 bits per heavy atom. The molecule has 1 rings (SSSR count). The molecule has 0 amide bonds. The summed E-state index contributed by atoms with van der Waals surface area (Å²) >= 11 is 0. The first-order valence-corrected chi connectivity index (χ1v) is 5.49. The zero-order valence-electron chi connectivity index (χ0n) is 9.53. The van der Waals surface area contributed by atoms with Crippen molar-refractivity contribution in [2.75, 3.05) is 24.5 Å². The Kier molecular flexibility index (Phi) is 4.70. The lowest BCUT2D eigenvalue weighted by Gasteiger charge is -2.20. The molecule has 0 atom stereocenters. The molecule has 0 aliphatic carbocycles. The van der Waals surface area contributed by atoms with Crippen LogP contribution in [0.25, 0.3) is 4.85 Å². The summed E-state index contributed by atoms with van der Waals surface area (Å²) in [5.41, 5.74) is 2.52. The Bertz CT molecular complexity index is 317. The van der Waals surface area contributed by atoms with Gasteiger partial charge in [0.1, 0.15) is 0 Å². The van der Waals surface area contributed by atoms with Gasteiger partial charge in [0, 0.05) is 25.2 Å². The number of hydrogen-bond acceptors (Lipinski definition) is 1. The van der Waals surface area contributed by atoms with Gasteiger partial charge in [-0.25, -0.2) is 6.57 Å². The molecule has 0 fully saturated rings. The van der Waals surface area contributed by atoms with Crippen LogP contribution in [0.15, 0.2) is 24.3 Å². The van der Waals surface area contributed by atoms with E-state index in [9.17, 15) is 0 Å². The standard InChI is InChI=1S/C13H18N2/c1-4-15(5-2)13-8-6-12(7-9-13)10-11-14-3/h6-9H,4-5,10-11H2,1-2H3. The molecule has 0 heterocycles. The van der Waals surface area contributed by atoms with Crippen LogP contribution in [0.5, 0.6) is 0 Å². The van der Waals surface area contributed by atoms with E-state index in [0.29, 0.717) is 6.54 Å². The van der Waals surface area contributed by atoms with E-state index in [4.69, 9.17) is 6.57 Å². The Labute approximate surface area is 92.3 Å². The van der Waals surface area contributed by atoms with Gasteiger partial charge in [-0.2, -0.15) is 0 Å². The summed E-state index contributed by atoms with van der Waals surface area (Å²) < 4.78 is 0. The van der Waals surface area contributed by atoms with Crippen molar-refractivity contribution < 1.29 is 0 Å². The van der Waals surface area contributed by atoms with Crippen LogP contribution in [0.4, 0.5) is 5.69 Å². The highest BCUT2D eigenvalue weighted by molar-refractivity contribution is 5.47. The molecule has 0 radical (unpaired) electrons. The Morgan fingerprint density at radius 2 is 1.73 bits per heavy atom. The fourth-order valence-electron chi connectivity index (χ4n) is 1.65. The van der Waals surface area contributed by atoms with E-state index < -0.39 is 0 Å². The molecule has 15 heavy (non-hydrogen) atoms. The molecule has 0 aromatic heterocycles. The first-order chi connectivity index (χ1) is 7.31. The molecule has 0 unspecified atom stereocenters. The fraction of sp³-hybridized carbons (Fsp3) is 0.462. The van der Waals surface area contributed by atoms with E-state index in [-0.39, 0.29) is 0 Å². The van der Waals surface area contributed by atoms with Crippen LogP contribution in [0.2, 0.25) is 0 Å². The fourth-order valence-corrected chi connectivity index (χ4v) is 1.65. The summed E-state index contributed by atoms with van der Waals surface area (Å²) in [5.74, 6) is 0. The van der Waals surface area contributed by atoms with E-state index in [1.807, 2.05) is 0 Å². The van der Waals surface area contributed by atoms with Crippen LogP contribution >= 0.6 is 0 Å². The molecule has 2 heteroatoms. The minimum atomic E-state index is 0.588. The lowest BCUT2D eigenvalue weighted by atomic mass is 10.1. The highest BCUT2D eigenvalue weighted by atomic mass is 15.1. The maximum Gasteiger partial charge on any atom is 0.218 e. The second-order valence-electron chi connectivity index (χ2n) is 3.47. The molecule has 0 N–H and O–H groups in total. The number of nitrogens with zero attached hydrogens (tertiary/aromatic N) is 2. The van der Waals surface area contributed by atoms with Crippen LogP contribution in [-0.4, -0.2) is 19.6 Å². The first kappa shape index (κ1) is 11.6. The summed E-state index contributed by atoms with van der Waals surface area (Å²) in [7, 11) is 0. The van der Waals surface area contributed by atoms with E-state index in [2.05, 4.69) is 47.9 Å². The number of hydrogen-bond donors (Lipinski definition) is 0. The monoisotopic (exact) mass is 202 g/mol. The smallest absolute Gasteiger partial charge is 0.218 e. The highest BCUT2D eigenvalue weighted by Crippen LogP contribution is 2.15. The average Bonchev–Trinajstić information content (AvgIpc) is 2.29. The quantitative estimate of drug-likeness (QED) is 0.666. The Hall–Kier alpha value is -1.49. The van der Waals surface area contributed by atoms with Crippen molar-refractivity contribution in [3.8, 4) is 0 Å². The Morgan fingerprint density at radius 3 is 2.20 bits per heavy atom. The van der Waals surface area contributed by atoms with Crippen molar-refractivity contribution in [2.24, 2.45) is 0 Å². The van der Waals surface area contributed by atoms with Gasteiger partial charge in [-0.05, 0) is 31.5 Å². The summed E-state index contributed by atoms with van der Waals surface area (Å²) in [6, 6.07) is 8.54. The topological polar surface area (TPSA) is 7.60 Å². The lowest BCUT2D eigenvalue weighted by Crippen LogP contribution is -2.21. The second kappa shape index (κ2) is 6.08. The summed E-state index contributed by atoms with van der Waals surface area (Å²) in [6.45, 7) is 13.7. The molecule has 0 bridgehead atoms. The molecule has 0 aliphatic rings. The molecule has 1 aromatic carbocycles. The van der Waals surface area contributed by atoms with Gasteiger partial charge in [0.25, 0.3) is 0 Å². The summed E-state index contributed by atoms with van der Waals surface area (Å²) in [6.07, 6.45) is 0.863. The van der Waals surface area contributed by atoms with Crippen molar-refractivity contribution in [2.45, 2.75) is 20.3 Å². The van der Waals surface area contributed by atoms with Crippen LogP contribution in [0, 0.1) is 6.57 Å². The highest BCUT2D eigenvalue weighted by Gasteiger charge is 2.01. The SMILES string of the molecule is [C-]#[N+]CCc1ccc(N(CC)CC)cc1. The van der Waals surface area contributed by atoms with Crippen molar-refractivity contribution >= 4 is 5.69 Å². The molecule has 0 aliphatic heterocycles. The van der Waals surface area contributed by atoms with Gasteiger partial charge in [-0.1, -0.05) is 12.1 Å². The third-order valence-corrected chi connectivity index (χ3v) is 2.58. The maximum absolute atomic E-state index is 6.74. The van der Waals surface area contributed by atoms with Crippen molar-refractivity contribution in [1.82, 2.24) is 0 Å². The summed E-state index contributed by atoms with van der Waals surface area (Å²) in [4.78, 5) is 5.68. The molecule has 0 spiro atoms. The third-order valence-electron chi connectivity index (χ3n) is 2.58. The van der Waals surface area contributed by atoms with Crippen LogP contribution in [-0.2, 0) is 6.42 Å². The van der Waals surface area contributed by atoms with E-state index in [0.717, 1.165) is 19.5 Å². The molecular formula is C13H18N2. The van der Waals surface area contributed by atoms with Crippen molar-refractivity contribution in [3.63, 3.8) is 0 Å². The molecular weight excluding hydrogens is 184 g/mol. The van der Waals surface area contributed by atoms with Crippen LogP contribution < -0.4 is 4.90 Å². The van der Waals surface area contributed by atoms with Crippen LogP contribution in [0.1, 0.15) is 19.4 Å². The van der Waals surface area contributed by atoms with Gasteiger partial charge in [0.05, 0.1) is 0 Å². The van der Waals surface area contributed by atoms with Crippen molar-refractivity contribution in [1.29, 1.82) is 0 Å². The third kappa shape index (κ3) is 3.28. The second-order valence-corrected chi connectivity index (χ2v) is 3.47. The maximum atomic E-state index is 6.74. The molecule has 80 valence electrons. The van der Waals surface area contributed by atoms with E-state index >= 15 is 0 Å². The van der Waals surface area contributed by atoms with Gasteiger partial charge >= 0.3 is 0 Å². The van der Waals surface area contributed by atoms with Crippen molar-refractivity contribution in [3.05, 3.63) is 41.2 Å². The van der Waals surface area contributed by atoms with E-state index in [1.54, 1.807) is 0 Å². The minimum absolute atomic E-state index is 0.588. The van der Waals surface area contributed by atoms with Gasteiger partial charge in [0.2, 0.25) is 6.54 Å². The molecule has 0 saturated carbocycles. The zero-order valence-corrected chi connectivity index (χ0v) is 9.53. The lowest BCUT2D eigenvalue weighted by molar-refractivity contribution is 0.865. The van der Waals surface area contributed by atoms with Gasteiger partial charge in [0.15, 0.2) is 0 Å². The number of anilines is 1. The first-order valence-electron chi connectivity index (χ1n) is 5.49. The van der Waals surface area contributed by atoms with Gasteiger partial charge in [-0.15, -0.1) is 0 Å². The minimum Gasteiger partial charge on any atom is -0.372 e. The summed E-state index contributed by atoms with van der Waals surface area (Å²) in [5, 5.41) is 0. The number of benzene rings is 1. The van der Waals surface area contributed by atoms with Crippen LogP contribution in [0.3, 0.4) is 0 Å².